The van der Waals surface area contributed by atoms with Crippen molar-refractivity contribution in [2.75, 3.05) is 17.7 Å². The lowest BCUT2D eigenvalue weighted by atomic mass is 9.93. The standard InChI is InChI=1S/C32H36N4O3/c1-7-8-18-36-30-26(16-11-17-33-30)27(22-12-9-13-23(19-22)39-6)29(31(36)37)35-32(38)34-28-24(20(2)3)14-10-15-25(28)21(4)5/h7,9-17,19-21H,1,8,18H2,2-6H3,(H2,34,35,38). The molecule has 0 aliphatic carbocycles. The molecule has 4 aromatic rings. The van der Waals surface area contributed by atoms with E-state index in [0.717, 1.165) is 27.8 Å². The van der Waals surface area contributed by atoms with Gasteiger partial charge in [-0.3, -0.25) is 9.36 Å². The molecule has 0 saturated heterocycles. The predicted molar refractivity (Wildman–Crippen MR) is 160 cm³/mol. The molecule has 7 heteroatoms. The van der Waals surface area contributed by atoms with Gasteiger partial charge in [-0.15, -0.1) is 6.58 Å². The molecule has 2 amide bonds. The van der Waals surface area contributed by atoms with Gasteiger partial charge in [0.1, 0.15) is 17.1 Å². The summed E-state index contributed by atoms with van der Waals surface area (Å²) >= 11 is 0. The number of carbonyl (C=O) groups is 1. The second kappa shape index (κ2) is 12.0. The molecule has 0 aliphatic rings. The summed E-state index contributed by atoms with van der Waals surface area (Å²) in [6.45, 7) is 12.6. The molecule has 39 heavy (non-hydrogen) atoms. The van der Waals surface area contributed by atoms with E-state index in [-0.39, 0.29) is 23.1 Å². The summed E-state index contributed by atoms with van der Waals surface area (Å²) < 4.78 is 7.05. The number of fused-ring (bicyclic) bond motifs is 1. The van der Waals surface area contributed by atoms with Gasteiger partial charge in [0.15, 0.2) is 0 Å². The summed E-state index contributed by atoms with van der Waals surface area (Å²) in [7, 11) is 1.59. The molecule has 0 atom stereocenters. The minimum atomic E-state index is -0.482. The number of allylic oxidation sites excluding steroid dienone is 1. The molecule has 2 heterocycles. The number of hydrogen-bond acceptors (Lipinski definition) is 4. The van der Waals surface area contributed by atoms with Crippen molar-refractivity contribution in [3.63, 3.8) is 0 Å². The van der Waals surface area contributed by atoms with E-state index in [1.165, 1.54) is 0 Å². The first-order chi connectivity index (χ1) is 18.8. The Hall–Kier alpha value is -4.39. The number of nitrogens with one attached hydrogen (secondary N) is 2. The van der Waals surface area contributed by atoms with Crippen molar-refractivity contribution in [3.8, 4) is 16.9 Å². The van der Waals surface area contributed by atoms with E-state index in [1.54, 1.807) is 23.9 Å². The maximum atomic E-state index is 14.0. The van der Waals surface area contributed by atoms with Gasteiger partial charge in [-0.25, -0.2) is 9.78 Å². The van der Waals surface area contributed by atoms with Crippen molar-refractivity contribution in [3.05, 3.63) is 94.9 Å². The van der Waals surface area contributed by atoms with Gasteiger partial charge in [-0.05, 0) is 59.2 Å². The molecule has 0 bridgehead atoms. The number of aromatic nitrogens is 2. The van der Waals surface area contributed by atoms with Crippen LogP contribution in [0, 0.1) is 0 Å². The fourth-order valence-electron chi connectivity index (χ4n) is 4.86. The summed E-state index contributed by atoms with van der Waals surface area (Å²) in [6.07, 6.45) is 4.00. The molecule has 2 N–H and O–H groups in total. The number of rotatable bonds is 9. The number of para-hydroxylation sites is 1. The minimum absolute atomic E-state index is 0.179. The Morgan fingerprint density at radius 1 is 1.00 bits per heavy atom. The molecular weight excluding hydrogens is 488 g/mol. The van der Waals surface area contributed by atoms with Crippen LogP contribution in [-0.4, -0.2) is 22.7 Å². The molecular formula is C32H36N4O3. The summed E-state index contributed by atoms with van der Waals surface area (Å²) in [5, 5.41) is 6.75. The van der Waals surface area contributed by atoms with Gasteiger partial charge in [0.05, 0.1) is 7.11 Å². The number of pyridine rings is 2. The van der Waals surface area contributed by atoms with Crippen molar-refractivity contribution >= 4 is 28.4 Å². The van der Waals surface area contributed by atoms with Gasteiger partial charge in [0.25, 0.3) is 5.56 Å². The third-order valence-electron chi connectivity index (χ3n) is 6.79. The molecule has 0 saturated carbocycles. The lowest BCUT2D eigenvalue weighted by Gasteiger charge is -2.21. The lowest BCUT2D eigenvalue weighted by Crippen LogP contribution is -2.30. The zero-order valence-corrected chi connectivity index (χ0v) is 23.2. The van der Waals surface area contributed by atoms with Gasteiger partial charge in [-0.2, -0.15) is 0 Å². The Balaban J connectivity index is 1.90. The molecule has 202 valence electrons. The molecule has 0 fully saturated rings. The number of benzene rings is 2. The molecule has 2 aromatic heterocycles. The van der Waals surface area contributed by atoms with Crippen LogP contribution >= 0.6 is 0 Å². The minimum Gasteiger partial charge on any atom is -0.497 e. The van der Waals surface area contributed by atoms with Crippen LogP contribution in [0.15, 0.2) is 78.2 Å². The summed E-state index contributed by atoms with van der Waals surface area (Å²) in [5.74, 6) is 1.05. The van der Waals surface area contributed by atoms with Crippen LogP contribution in [0.5, 0.6) is 5.75 Å². The number of carbonyl (C=O) groups excluding carboxylic acids is 1. The van der Waals surface area contributed by atoms with Crippen molar-refractivity contribution in [1.29, 1.82) is 0 Å². The Morgan fingerprint density at radius 3 is 2.31 bits per heavy atom. The molecule has 7 nitrogen and oxygen atoms in total. The Bertz CT molecular complexity index is 1540. The van der Waals surface area contributed by atoms with E-state index < -0.39 is 6.03 Å². The summed E-state index contributed by atoms with van der Waals surface area (Å²) in [4.78, 5) is 32.2. The Morgan fingerprint density at radius 2 is 1.67 bits per heavy atom. The number of ether oxygens (including phenoxy) is 1. The third kappa shape index (κ3) is 5.72. The number of anilines is 2. The first-order valence-electron chi connectivity index (χ1n) is 13.2. The first-order valence-corrected chi connectivity index (χ1v) is 13.2. The highest BCUT2D eigenvalue weighted by atomic mass is 16.5. The van der Waals surface area contributed by atoms with Crippen LogP contribution in [0.3, 0.4) is 0 Å². The van der Waals surface area contributed by atoms with E-state index in [1.807, 2.05) is 54.6 Å². The SMILES string of the molecule is C=CCCn1c(=O)c(NC(=O)Nc2c(C(C)C)cccc2C(C)C)c(-c2cccc(OC)c2)c2cccnc21. The smallest absolute Gasteiger partial charge is 0.323 e. The molecule has 0 aliphatic heterocycles. The van der Waals surface area contributed by atoms with Crippen LogP contribution < -0.4 is 20.9 Å². The average molecular weight is 525 g/mol. The molecule has 0 radical (unpaired) electrons. The van der Waals surface area contributed by atoms with Crippen molar-refractivity contribution in [2.24, 2.45) is 0 Å². The first kappa shape index (κ1) is 27.6. The van der Waals surface area contributed by atoms with Crippen LogP contribution in [-0.2, 0) is 6.54 Å². The summed E-state index contributed by atoms with van der Waals surface area (Å²) in [5.41, 5.74) is 4.56. The van der Waals surface area contributed by atoms with E-state index in [4.69, 9.17) is 4.74 Å². The van der Waals surface area contributed by atoms with Crippen LogP contribution in [0.25, 0.3) is 22.2 Å². The van der Waals surface area contributed by atoms with Crippen LogP contribution in [0.2, 0.25) is 0 Å². The quantitative estimate of drug-likeness (QED) is 0.222. The van der Waals surface area contributed by atoms with E-state index in [2.05, 4.69) is 49.9 Å². The average Bonchev–Trinajstić information content (AvgIpc) is 2.93. The predicted octanol–water partition coefficient (Wildman–Crippen LogP) is 7.54. The maximum absolute atomic E-state index is 14.0. The van der Waals surface area contributed by atoms with Crippen molar-refractivity contribution < 1.29 is 9.53 Å². The van der Waals surface area contributed by atoms with Gasteiger partial charge in [0.2, 0.25) is 0 Å². The van der Waals surface area contributed by atoms with Gasteiger partial charge >= 0.3 is 6.03 Å². The van der Waals surface area contributed by atoms with Gasteiger partial charge < -0.3 is 15.4 Å². The van der Waals surface area contributed by atoms with E-state index in [9.17, 15) is 9.59 Å². The number of hydrogen-bond donors (Lipinski definition) is 2. The fourth-order valence-corrected chi connectivity index (χ4v) is 4.86. The number of methoxy groups -OCH3 is 1. The number of amides is 2. The summed E-state index contributed by atoms with van der Waals surface area (Å²) in [6, 6.07) is 16.8. The normalized spacial score (nSPS) is 11.2. The van der Waals surface area contributed by atoms with Crippen LogP contribution in [0.1, 0.15) is 57.1 Å². The van der Waals surface area contributed by atoms with Crippen LogP contribution in [0.4, 0.5) is 16.2 Å². The number of urea groups is 1. The molecule has 0 spiro atoms. The zero-order valence-electron chi connectivity index (χ0n) is 23.2. The molecule has 0 unspecified atom stereocenters. The van der Waals surface area contributed by atoms with Crippen molar-refractivity contribution in [2.45, 2.75) is 52.5 Å². The second-order valence-electron chi connectivity index (χ2n) is 10.1. The lowest BCUT2D eigenvalue weighted by molar-refractivity contribution is 0.262. The Kier molecular flexibility index (Phi) is 8.49. The maximum Gasteiger partial charge on any atom is 0.323 e. The topological polar surface area (TPSA) is 85.2 Å². The zero-order chi connectivity index (χ0) is 28.1. The molecule has 4 rings (SSSR count). The number of nitrogens with zero attached hydrogens (tertiary/aromatic N) is 2. The second-order valence-corrected chi connectivity index (χ2v) is 10.1. The van der Waals surface area contributed by atoms with Gasteiger partial charge in [-0.1, -0.05) is 64.1 Å². The van der Waals surface area contributed by atoms with E-state index in [0.29, 0.717) is 29.9 Å². The molecule has 2 aromatic carbocycles. The van der Waals surface area contributed by atoms with E-state index >= 15 is 0 Å². The Labute approximate surface area is 229 Å². The number of aryl methyl sites for hydroxylation is 1. The highest BCUT2D eigenvalue weighted by Crippen LogP contribution is 2.36. The largest absolute Gasteiger partial charge is 0.497 e. The third-order valence-corrected chi connectivity index (χ3v) is 6.79. The van der Waals surface area contributed by atoms with Crippen molar-refractivity contribution in [1.82, 2.24) is 9.55 Å². The highest BCUT2D eigenvalue weighted by molar-refractivity contribution is 6.07. The fraction of sp³-hybridized carbons (Fsp3) is 0.281. The van der Waals surface area contributed by atoms with Gasteiger partial charge in [0, 0.05) is 29.4 Å². The highest BCUT2D eigenvalue weighted by Gasteiger charge is 2.22. The monoisotopic (exact) mass is 524 g/mol.